The highest BCUT2D eigenvalue weighted by atomic mass is 35.5. The van der Waals surface area contributed by atoms with Gasteiger partial charge in [-0.05, 0) is 42.8 Å². The highest BCUT2D eigenvalue weighted by Gasteiger charge is 2.18. The maximum absolute atomic E-state index is 12.2. The third-order valence-electron chi connectivity index (χ3n) is 3.14. The molecule has 0 bridgehead atoms. The predicted molar refractivity (Wildman–Crippen MR) is 87.7 cm³/mol. The topological polar surface area (TPSA) is 75.6 Å². The Morgan fingerprint density at radius 1 is 1.22 bits per heavy atom. The van der Waals surface area contributed by atoms with Crippen molar-refractivity contribution in [3.63, 3.8) is 0 Å². The third kappa shape index (κ3) is 4.47. The molecule has 1 amide bonds. The van der Waals surface area contributed by atoms with Gasteiger partial charge in [0.2, 0.25) is 5.91 Å². The second-order valence-corrected chi connectivity index (χ2v) is 5.45. The molecule has 0 fully saturated rings. The molecule has 0 aromatic heterocycles. The molecule has 0 aliphatic rings. The van der Waals surface area contributed by atoms with Crippen molar-refractivity contribution >= 4 is 29.2 Å². The standard InChI is InChI=1S/C17H16ClNO4/c1-10(12-4-3-5-13(18)8-12)23-17(22)15-9-14(19-11(2)20)6-7-16(15)21/h3-10,21H,1-2H3,(H,19,20)/t10-/m0/s1. The van der Waals surface area contributed by atoms with Crippen LogP contribution in [0.25, 0.3) is 0 Å². The number of phenols is 1. The summed E-state index contributed by atoms with van der Waals surface area (Å²) < 4.78 is 5.35. The summed E-state index contributed by atoms with van der Waals surface area (Å²) in [5.74, 6) is -1.19. The number of ether oxygens (including phenoxy) is 1. The number of aromatic hydroxyl groups is 1. The molecular weight excluding hydrogens is 318 g/mol. The van der Waals surface area contributed by atoms with E-state index in [2.05, 4.69) is 5.32 Å². The van der Waals surface area contributed by atoms with Gasteiger partial charge < -0.3 is 15.2 Å². The van der Waals surface area contributed by atoms with E-state index in [0.717, 1.165) is 5.56 Å². The van der Waals surface area contributed by atoms with Crippen LogP contribution in [-0.2, 0) is 9.53 Å². The highest BCUT2D eigenvalue weighted by molar-refractivity contribution is 6.30. The van der Waals surface area contributed by atoms with Gasteiger partial charge in [-0.15, -0.1) is 0 Å². The lowest BCUT2D eigenvalue weighted by Gasteiger charge is -2.15. The number of halogens is 1. The molecule has 0 spiro atoms. The summed E-state index contributed by atoms with van der Waals surface area (Å²) in [4.78, 5) is 23.3. The zero-order valence-electron chi connectivity index (χ0n) is 12.7. The van der Waals surface area contributed by atoms with Crippen LogP contribution in [0.5, 0.6) is 5.75 Å². The SMILES string of the molecule is CC(=O)Nc1ccc(O)c(C(=O)O[C@@H](C)c2cccc(Cl)c2)c1. The van der Waals surface area contributed by atoms with E-state index >= 15 is 0 Å². The van der Waals surface area contributed by atoms with Gasteiger partial charge in [0.1, 0.15) is 17.4 Å². The molecule has 2 rings (SSSR count). The van der Waals surface area contributed by atoms with Crippen molar-refractivity contribution in [1.29, 1.82) is 0 Å². The number of esters is 1. The number of hydrogen-bond donors (Lipinski definition) is 2. The van der Waals surface area contributed by atoms with E-state index in [9.17, 15) is 14.7 Å². The Morgan fingerprint density at radius 2 is 1.96 bits per heavy atom. The van der Waals surface area contributed by atoms with Crippen LogP contribution < -0.4 is 5.32 Å². The minimum Gasteiger partial charge on any atom is -0.507 e. The fourth-order valence-corrected chi connectivity index (χ4v) is 2.23. The van der Waals surface area contributed by atoms with Crippen LogP contribution in [0.15, 0.2) is 42.5 Å². The Labute approximate surface area is 138 Å². The summed E-state index contributed by atoms with van der Waals surface area (Å²) in [5, 5.41) is 12.9. The lowest BCUT2D eigenvalue weighted by atomic mass is 10.1. The van der Waals surface area contributed by atoms with Crippen molar-refractivity contribution in [3.8, 4) is 5.75 Å². The lowest BCUT2D eigenvalue weighted by molar-refractivity contribution is -0.114. The van der Waals surface area contributed by atoms with Crippen LogP contribution in [0.1, 0.15) is 35.9 Å². The molecule has 6 heteroatoms. The van der Waals surface area contributed by atoms with E-state index in [0.29, 0.717) is 10.7 Å². The molecule has 2 N–H and O–H groups in total. The number of nitrogens with one attached hydrogen (secondary N) is 1. The Kier molecular flexibility index (Phi) is 5.24. The van der Waals surface area contributed by atoms with Gasteiger partial charge in [0.15, 0.2) is 0 Å². The molecule has 0 aliphatic heterocycles. The minimum absolute atomic E-state index is 0.0230. The van der Waals surface area contributed by atoms with Crippen LogP contribution in [-0.4, -0.2) is 17.0 Å². The van der Waals surface area contributed by atoms with E-state index in [1.807, 2.05) is 0 Å². The molecule has 120 valence electrons. The molecule has 1 atom stereocenters. The quantitative estimate of drug-likeness (QED) is 0.656. The van der Waals surface area contributed by atoms with E-state index in [1.54, 1.807) is 31.2 Å². The molecule has 0 unspecified atom stereocenters. The lowest BCUT2D eigenvalue weighted by Crippen LogP contribution is -2.11. The first-order valence-electron chi connectivity index (χ1n) is 6.94. The first kappa shape index (κ1) is 16.8. The van der Waals surface area contributed by atoms with Crippen LogP contribution in [0.4, 0.5) is 5.69 Å². The summed E-state index contributed by atoms with van der Waals surface area (Å²) in [5.41, 5.74) is 1.12. The number of rotatable bonds is 4. The molecule has 5 nitrogen and oxygen atoms in total. The highest BCUT2D eigenvalue weighted by Crippen LogP contribution is 2.26. The van der Waals surface area contributed by atoms with Gasteiger partial charge in [0.05, 0.1) is 0 Å². The maximum Gasteiger partial charge on any atom is 0.342 e. The number of anilines is 1. The van der Waals surface area contributed by atoms with Gasteiger partial charge in [-0.1, -0.05) is 23.7 Å². The van der Waals surface area contributed by atoms with Crippen LogP contribution >= 0.6 is 11.6 Å². The summed E-state index contributed by atoms with van der Waals surface area (Å²) in [7, 11) is 0. The Morgan fingerprint density at radius 3 is 2.61 bits per heavy atom. The molecule has 0 saturated carbocycles. The number of carbonyl (C=O) groups is 2. The smallest absolute Gasteiger partial charge is 0.342 e. The summed E-state index contributed by atoms with van der Waals surface area (Å²) in [6, 6.07) is 11.2. The van der Waals surface area contributed by atoms with Gasteiger partial charge in [0.25, 0.3) is 0 Å². The monoisotopic (exact) mass is 333 g/mol. The van der Waals surface area contributed by atoms with Crippen molar-refractivity contribution in [2.45, 2.75) is 20.0 Å². The zero-order valence-corrected chi connectivity index (χ0v) is 13.4. The third-order valence-corrected chi connectivity index (χ3v) is 3.37. The molecule has 0 saturated heterocycles. The fourth-order valence-electron chi connectivity index (χ4n) is 2.03. The largest absolute Gasteiger partial charge is 0.507 e. The van der Waals surface area contributed by atoms with Crippen molar-refractivity contribution < 1.29 is 19.4 Å². The molecule has 0 heterocycles. The number of benzene rings is 2. The number of amides is 1. The fraction of sp³-hybridized carbons (Fsp3) is 0.176. The number of carbonyl (C=O) groups excluding carboxylic acids is 2. The maximum atomic E-state index is 12.2. The van der Waals surface area contributed by atoms with E-state index in [4.69, 9.17) is 16.3 Å². The Hall–Kier alpha value is -2.53. The van der Waals surface area contributed by atoms with Gasteiger partial charge in [-0.2, -0.15) is 0 Å². The molecule has 23 heavy (non-hydrogen) atoms. The number of phenolic OH excluding ortho intramolecular Hbond substituents is 1. The second-order valence-electron chi connectivity index (χ2n) is 5.02. The number of hydrogen-bond acceptors (Lipinski definition) is 4. The van der Waals surface area contributed by atoms with E-state index in [-0.39, 0.29) is 17.2 Å². The summed E-state index contributed by atoms with van der Waals surface area (Å²) in [6.07, 6.45) is -0.537. The zero-order chi connectivity index (χ0) is 17.0. The van der Waals surface area contributed by atoms with Crippen LogP contribution in [0.3, 0.4) is 0 Å². The second kappa shape index (κ2) is 7.15. The van der Waals surface area contributed by atoms with Crippen LogP contribution in [0, 0.1) is 0 Å². The molecule has 2 aromatic rings. The molecule has 0 radical (unpaired) electrons. The molecule has 2 aromatic carbocycles. The normalized spacial score (nSPS) is 11.6. The van der Waals surface area contributed by atoms with Crippen LogP contribution in [0.2, 0.25) is 5.02 Å². The van der Waals surface area contributed by atoms with E-state index in [1.165, 1.54) is 25.1 Å². The van der Waals surface area contributed by atoms with Gasteiger partial charge in [-0.25, -0.2) is 4.79 Å². The van der Waals surface area contributed by atoms with Gasteiger partial charge in [0, 0.05) is 17.6 Å². The van der Waals surface area contributed by atoms with Crippen molar-refractivity contribution in [1.82, 2.24) is 0 Å². The summed E-state index contributed by atoms with van der Waals surface area (Å²) >= 11 is 5.92. The Balaban J connectivity index is 2.18. The molecular formula is C17H16ClNO4. The van der Waals surface area contributed by atoms with Crippen molar-refractivity contribution in [2.75, 3.05) is 5.32 Å². The average molecular weight is 334 g/mol. The minimum atomic E-state index is -0.692. The van der Waals surface area contributed by atoms with Crippen molar-refractivity contribution in [2.24, 2.45) is 0 Å². The van der Waals surface area contributed by atoms with Crippen molar-refractivity contribution in [3.05, 3.63) is 58.6 Å². The van der Waals surface area contributed by atoms with Gasteiger partial charge in [-0.3, -0.25) is 4.79 Å². The predicted octanol–water partition coefficient (Wildman–Crippen LogP) is 3.92. The van der Waals surface area contributed by atoms with E-state index < -0.39 is 12.1 Å². The van der Waals surface area contributed by atoms with Gasteiger partial charge >= 0.3 is 5.97 Å². The first-order valence-corrected chi connectivity index (χ1v) is 7.31. The molecule has 0 aliphatic carbocycles. The first-order chi connectivity index (χ1) is 10.9. The average Bonchev–Trinajstić information content (AvgIpc) is 2.48. The summed E-state index contributed by atoms with van der Waals surface area (Å²) in [6.45, 7) is 3.06. The Bertz CT molecular complexity index is 745.